The van der Waals surface area contributed by atoms with Crippen molar-refractivity contribution in [2.24, 2.45) is 0 Å². The minimum absolute atomic E-state index is 0.00177. The fraction of sp³-hybridized carbons (Fsp3) is 0.355. The van der Waals surface area contributed by atoms with Crippen molar-refractivity contribution in [1.29, 1.82) is 0 Å². The molecule has 5 nitrogen and oxygen atoms in total. The third-order valence-electron chi connectivity index (χ3n) is 6.47. The van der Waals surface area contributed by atoms with Crippen LogP contribution in [0.3, 0.4) is 0 Å². The zero-order chi connectivity index (χ0) is 26.3. The summed E-state index contributed by atoms with van der Waals surface area (Å²) in [5, 5.41) is 1.21. The SMILES string of the molecule is COc1cc(OC(C)C)c(Oc2ccc(SOCCN3CCCCC3)cc2)cc1-c1cc2ccccc2s1. The molecule has 3 aromatic carbocycles. The summed E-state index contributed by atoms with van der Waals surface area (Å²) in [5.41, 5.74) is 0.981. The topological polar surface area (TPSA) is 40.2 Å². The number of likely N-dealkylation sites (tertiary alicyclic amines) is 1. The quantitative estimate of drug-likeness (QED) is 0.138. The van der Waals surface area contributed by atoms with E-state index in [1.165, 1.54) is 54.5 Å². The maximum absolute atomic E-state index is 6.37. The second-order valence-electron chi connectivity index (χ2n) is 9.70. The highest BCUT2D eigenvalue weighted by atomic mass is 32.2. The van der Waals surface area contributed by atoms with Gasteiger partial charge in [-0.05, 0) is 87.6 Å². The van der Waals surface area contributed by atoms with Crippen molar-refractivity contribution in [2.75, 3.05) is 33.4 Å². The van der Waals surface area contributed by atoms with Gasteiger partial charge in [-0.3, -0.25) is 0 Å². The molecule has 4 aromatic rings. The van der Waals surface area contributed by atoms with E-state index in [9.17, 15) is 0 Å². The smallest absolute Gasteiger partial charge is 0.170 e. The number of hydrogen-bond acceptors (Lipinski definition) is 7. The molecule has 2 heterocycles. The van der Waals surface area contributed by atoms with Crippen molar-refractivity contribution >= 4 is 33.5 Å². The third-order valence-corrected chi connectivity index (χ3v) is 8.36. The molecule has 1 aromatic heterocycles. The first-order chi connectivity index (χ1) is 18.6. The summed E-state index contributed by atoms with van der Waals surface area (Å²) in [6.45, 7) is 8.12. The van der Waals surface area contributed by atoms with Gasteiger partial charge in [-0.25, -0.2) is 0 Å². The van der Waals surface area contributed by atoms with Crippen LogP contribution < -0.4 is 14.2 Å². The van der Waals surface area contributed by atoms with Gasteiger partial charge >= 0.3 is 0 Å². The summed E-state index contributed by atoms with van der Waals surface area (Å²) < 4.78 is 25.4. The Morgan fingerprint density at radius 2 is 1.68 bits per heavy atom. The Labute approximate surface area is 233 Å². The molecule has 1 aliphatic heterocycles. The van der Waals surface area contributed by atoms with Crippen LogP contribution >= 0.6 is 23.4 Å². The molecular formula is C31H35NO4S2. The average Bonchev–Trinajstić information content (AvgIpc) is 3.37. The van der Waals surface area contributed by atoms with Gasteiger partial charge in [0.2, 0.25) is 0 Å². The van der Waals surface area contributed by atoms with E-state index in [0.717, 1.165) is 40.0 Å². The van der Waals surface area contributed by atoms with E-state index in [1.807, 2.05) is 50.2 Å². The number of benzene rings is 3. The standard InChI is InChI=1S/C31H35NO4S2/c1-22(2)35-29-21-27(33-3)26(31-19-23-9-5-6-10-30(23)37-31)20-28(29)36-24-11-13-25(14-12-24)38-34-18-17-32-15-7-4-8-16-32/h5-6,9-14,19-22H,4,7-8,15-18H2,1-3H3. The maximum Gasteiger partial charge on any atom is 0.170 e. The molecule has 0 unspecified atom stereocenters. The summed E-state index contributed by atoms with van der Waals surface area (Å²) in [7, 11) is 1.69. The highest BCUT2D eigenvalue weighted by Crippen LogP contribution is 2.45. The van der Waals surface area contributed by atoms with Gasteiger partial charge in [0.15, 0.2) is 11.5 Å². The number of fused-ring (bicyclic) bond motifs is 1. The molecular weight excluding hydrogens is 514 g/mol. The molecule has 0 radical (unpaired) electrons. The Morgan fingerprint density at radius 3 is 2.42 bits per heavy atom. The maximum atomic E-state index is 6.37. The molecule has 5 rings (SSSR count). The molecule has 1 saturated heterocycles. The second-order valence-corrected chi connectivity index (χ2v) is 11.7. The number of nitrogens with zero attached hydrogens (tertiary/aromatic N) is 1. The van der Waals surface area contributed by atoms with Crippen LogP contribution in [0.1, 0.15) is 33.1 Å². The average molecular weight is 550 g/mol. The van der Waals surface area contributed by atoms with E-state index in [0.29, 0.717) is 11.5 Å². The first kappa shape index (κ1) is 26.9. The number of hydrogen-bond donors (Lipinski definition) is 0. The Bertz CT molecular complexity index is 1300. The molecule has 38 heavy (non-hydrogen) atoms. The van der Waals surface area contributed by atoms with E-state index in [-0.39, 0.29) is 6.10 Å². The van der Waals surface area contributed by atoms with Crippen molar-refractivity contribution in [1.82, 2.24) is 4.90 Å². The number of rotatable bonds is 11. The van der Waals surface area contributed by atoms with Crippen LogP contribution in [0.15, 0.2) is 71.6 Å². The number of thiophene rings is 1. The van der Waals surface area contributed by atoms with Gasteiger partial charge in [0.25, 0.3) is 0 Å². The van der Waals surface area contributed by atoms with Gasteiger partial charge in [0, 0.05) is 44.7 Å². The normalized spacial score (nSPS) is 14.2. The van der Waals surface area contributed by atoms with Crippen LogP contribution in [-0.2, 0) is 4.18 Å². The molecule has 1 fully saturated rings. The van der Waals surface area contributed by atoms with Gasteiger partial charge in [-0.15, -0.1) is 11.3 Å². The van der Waals surface area contributed by atoms with E-state index in [1.54, 1.807) is 18.4 Å². The molecule has 0 N–H and O–H groups in total. The minimum Gasteiger partial charge on any atom is -0.496 e. The van der Waals surface area contributed by atoms with E-state index in [4.69, 9.17) is 18.4 Å². The van der Waals surface area contributed by atoms with Gasteiger partial charge in [-0.2, -0.15) is 0 Å². The van der Waals surface area contributed by atoms with Crippen LogP contribution in [0.4, 0.5) is 0 Å². The molecule has 0 spiro atoms. The molecule has 200 valence electrons. The molecule has 7 heteroatoms. The zero-order valence-electron chi connectivity index (χ0n) is 22.3. The summed E-state index contributed by atoms with van der Waals surface area (Å²) in [4.78, 5) is 4.66. The highest BCUT2D eigenvalue weighted by Gasteiger charge is 2.18. The fourth-order valence-corrected chi connectivity index (χ4v) is 6.22. The van der Waals surface area contributed by atoms with E-state index >= 15 is 0 Å². The van der Waals surface area contributed by atoms with E-state index < -0.39 is 0 Å². The van der Waals surface area contributed by atoms with Crippen LogP contribution in [0.25, 0.3) is 20.5 Å². The number of piperidine rings is 1. The lowest BCUT2D eigenvalue weighted by molar-refractivity contribution is 0.194. The lowest BCUT2D eigenvalue weighted by atomic mass is 10.1. The van der Waals surface area contributed by atoms with Crippen molar-refractivity contribution in [3.8, 4) is 33.4 Å². The van der Waals surface area contributed by atoms with Gasteiger partial charge < -0.3 is 23.3 Å². The Morgan fingerprint density at radius 1 is 0.895 bits per heavy atom. The first-order valence-electron chi connectivity index (χ1n) is 13.3. The number of methoxy groups -OCH3 is 1. The summed E-state index contributed by atoms with van der Waals surface area (Å²) >= 11 is 3.16. The Kier molecular flexibility index (Phi) is 9.12. The van der Waals surface area contributed by atoms with Crippen LogP contribution in [0.2, 0.25) is 0 Å². The van der Waals surface area contributed by atoms with Gasteiger partial charge in [0.05, 0.1) is 19.8 Å². The van der Waals surface area contributed by atoms with Crippen molar-refractivity contribution < 1.29 is 18.4 Å². The fourth-order valence-electron chi connectivity index (χ4n) is 4.59. The lowest BCUT2D eigenvalue weighted by Crippen LogP contribution is -2.32. The molecule has 0 atom stereocenters. The molecule has 0 amide bonds. The highest BCUT2D eigenvalue weighted by molar-refractivity contribution is 7.94. The van der Waals surface area contributed by atoms with Crippen LogP contribution in [0, 0.1) is 0 Å². The van der Waals surface area contributed by atoms with Crippen LogP contribution in [0.5, 0.6) is 23.0 Å². The lowest BCUT2D eigenvalue weighted by Gasteiger charge is -2.25. The van der Waals surface area contributed by atoms with Crippen molar-refractivity contribution in [2.45, 2.75) is 44.1 Å². The summed E-state index contributed by atoms with van der Waals surface area (Å²) in [6, 6.07) is 22.5. The molecule has 0 bridgehead atoms. The van der Waals surface area contributed by atoms with Crippen LogP contribution in [-0.4, -0.2) is 44.4 Å². The largest absolute Gasteiger partial charge is 0.496 e. The Hall–Kier alpha value is -2.71. The monoisotopic (exact) mass is 549 g/mol. The van der Waals surface area contributed by atoms with Gasteiger partial charge in [0.1, 0.15) is 11.5 Å². The molecule has 1 aliphatic rings. The minimum atomic E-state index is -0.00177. The van der Waals surface area contributed by atoms with Crippen molar-refractivity contribution in [3.05, 3.63) is 66.7 Å². The molecule has 0 saturated carbocycles. The first-order valence-corrected chi connectivity index (χ1v) is 14.8. The molecule has 0 aliphatic carbocycles. The number of ether oxygens (including phenoxy) is 3. The van der Waals surface area contributed by atoms with Gasteiger partial charge in [-0.1, -0.05) is 24.6 Å². The second kappa shape index (κ2) is 12.9. The Balaban J connectivity index is 1.31. The zero-order valence-corrected chi connectivity index (χ0v) is 23.9. The predicted molar refractivity (Wildman–Crippen MR) is 158 cm³/mol. The van der Waals surface area contributed by atoms with Crippen molar-refractivity contribution in [3.63, 3.8) is 0 Å². The third kappa shape index (κ3) is 6.83. The summed E-state index contributed by atoms with van der Waals surface area (Å²) in [6.07, 6.45) is 3.96. The van der Waals surface area contributed by atoms with E-state index in [2.05, 4.69) is 35.2 Å². The predicted octanol–water partition coefficient (Wildman–Crippen LogP) is 8.67. The summed E-state index contributed by atoms with van der Waals surface area (Å²) in [5.74, 6) is 2.81.